The lowest BCUT2D eigenvalue weighted by Crippen LogP contribution is -2.38. The fourth-order valence-electron chi connectivity index (χ4n) is 3.06. The SMILES string of the molecule is COc1ccc(C2(CC(=O)O)CCC2)c(NC(=O)OC(C)(C)C)c1. The first kappa shape index (κ1) is 18.1. The molecule has 6 heteroatoms. The Labute approximate surface area is 142 Å². The monoisotopic (exact) mass is 335 g/mol. The molecule has 1 aliphatic carbocycles. The first-order chi connectivity index (χ1) is 11.1. The number of carboxylic acids is 1. The van der Waals surface area contributed by atoms with Gasteiger partial charge in [0.05, 0.1) is 19.2 Å². The molecule has 1 aromatic carbocycles. The van der Waals surface area contributed by atoms with Crippen molar-refractivity contribution in [3.8, 4) is 5.75 Å². The second-order valence-electron chi connectivity index (χ2n) is 7.24. The minimum absolute atomic E-state index is 0.0440. The molecule has 1 amide bonds. The summed E-state index contributed by atoms with van der Waals surface area (Å²) >= 11 is 0. The number of hydrogen-bond donors (Lipinski definition) is 2. The lowest BCUT2D eigenvalue weighted by Gasteiger charge is -2.42. The van der Waals surface area contributed by atoms with Crippen molar-refractivity contribution in [1.82, 2.24) is 0 Å². The summed E-state index contributed by atoms with van der Waals surface area (Å²) < 4.78 is 10.5. The molecule has 132 valence electrons. The predicted molar refractivity (Wildman–Crippen MR) is 90.6 cm³/mol. The van der Waals surface area contributed by atoms with Gasteiger partial charge >= 0.3 is 12.1 Å². The summed E-state index contributed by atoms with van der Waals surface area (Å²) in [5, 5.41) is 12.0. The number of methoxy groups -OCH3 is 1. The van der Waals surface area contributed by atoms with E-state index in [0.717, 1.165) is 24.8 Å². The Morgan fingerprint density at radius 2 is 1.96 bits per heavy atom. The van der Waals surface area contributed by atoms with Crippen molar-refractivity contribution in [1.29, 1.82) is 0 Å². The van der Waals surface area contributed by atoms with Gasteiger partial charge in [-0.25, -0.2) is 4.79 Å². The molecule has 6 nitrogen and oxygen atoms in total. The molecule has 0 spiro atoms. The second-order valence-corrected chi connectivity index (χ2v) is 7.24. The first-order valence-corrected chi connectivity index (χ1v) is 8.05. The Morgan fingerprint density at radius 1 is 1.29 bits per heavy atom. The van der Waals surface area contributed by atoms with Crippen LogP contribution in [0.3, 0.4) is 0 Å². The van der Waals surface area contributed by atoms with Gasteiger partial charge in [-0.3, -0.25) is 10.1 Å². The number of amides is 1. The maximum atomic E-state index is 12.1. The minimum atomic E-state index is -0.839. The smallest absolute Gasteiger partial charge is 0.412 e. The molecule has 24 heavy (non-hydrogen) atoms. The number of ether oxygens (including phenoxy) is 2. The number of carbonyl (C=O) groups excluding carboxylic acids is 1. The summed E-state index contributed by atoms with van der Waals surface area (Å²) in [6.07, 6.45) is 2.03. The summed E-state index contributed by atoms with van der Waals surface area (Å²) in [4.78, 5) is 23.4. The van der Waals surface area contributed by atoms with E-state index < -0.39 is 23.1 Å². The topological polar surface area (TPSA) is 84.9 Å². The number of hydrogen-bond acceptors (Lipinski definition) is 4. The lowest BCUT2D eigenvalue weighted by atomic mass is 9.62. The maximum absolute atomic E-state index is 12.1. The fourth-order valence-corrected chi connectivity index (χ4v) is 3.06. The predicted octanol–water partition coefficient (Wildman–Crippen LogP) is 3.94. The van der Waals surface area contributed by atoms with Crippen molar-refractivity contribution in [2.45, 2.75) is 57.5 Å². The molecule has 1 aliphatic rings. The molecular weight excluding hydrogens is 310 g/mol. The van der Waals surface area contributed by atoms with E-state index in [1.54, 1.807) is 40.0 Å². The van der Waals surface area contributed by atoms with Crippen molar-refractivity contribution in [2.24, 2.45) is 0 Å². The van der Waals surface area contributed by atoms with E-state index in [1.165, 1.54) is 0 Å². The molecule has 0 unspecified atom stereocenters. The van der Waals surface area contributed by atoms with Crippen LogP contribution in [-0.2, 0) is 14.9 Å². The molecule has 0 heterocycles. The van der Waals surface area contributed by atoms with Crippen LogP contribution in [0, 0.1) is 0 Å². The van der Waals surface area contributed by atoms with Gasteiger partial charge in [0.1, 0.15) is 11.4 Å². The van der Waals surface area contributed by atoms with Gasteiger partial charge < -0.3 is 14.6 Å². The second kappa shape index (κ2) is 6.71. The molecular formula is C18H25NO5. The third-order valence-electron chi connectivity index (χ3n) is 4.23. The third-order valence-corrected chi connectivity index (χ3v) is 4.23. The van der Waals surface area contributed by atoms with Crippen LogP contribution in [0.1, 0.15) is 52.0 Å². The summed E-state index contributed by atoms with van der Waals surface area (Å²) in [5.74, 6) is -0.247. The number of nitrogens with one attached hydrogen (secondary N) is 1. The maximum Gasteiger partial charge on any atom is 0.412 e. The zero-order chi connectivity index (χ0) is 18.0. The van der Waals surface area contributed by atoms with E-state index in [9.17, 15) is 14.7 Å². The van der Waals surface area contributed by atoms with Crippen LogP contribution >= 0.6 is 0 Å². The van der Waals surface area contributed by atoms with E-state index in [0.29, 0.717) is 11.4 Å². The van der Waals surface area contributed by atoms with E-state index in [4.69, 9.17) is 9.47 Å². The highest BCUT2D eigenvalue weighted by molar-refractivity contribution is 5.87. The Kier molecular flexibility index (Phi) is 5.06. The van der Waals surface area contributed by atoms with E-state index in [2.05, 4.69) is 5.32 Å². The third kappa shape index (κ3) is 4.19. The van der Waals surface area contributed by atoms with Gasteiger partial charge in [-0.05, 0) is 45.2 Å². The summed E-state index contributed by atoms with van der Waals surface area (Å²) in [6, 6.07) is 5.34. The van der Waals surface area contributed by atoms with Crippen LogP contribution in [0.15, 0.2) is 18.2 Å². The Morgan fingerprint density at radius 3 is 2.42 bits per heavy atom. The molecule has 0 bridgehead atoms. The van der Waals surface area contributed by atoms with Crippen LogP contribution < -0.4 is 10.1 Å². The van der Waals surface area contributed by atoms with Crippen LogP contribution in [-0.4, -0.2) is 29.9 Å². The normalized spacial score (nSPS) is 16.0. The molecule has 0 radical (unpaired) electrons. The standard InChI is InChI=1S/C18H25NO5/c1-17(2,3)24-16(22)19-14-10-12(23-4)6-7-13(14)18(8-5-9-18)11-15(20)21/h6-7,10H,5,8-9,11H2,1-4H3,(H,19,22)(H,20,21). The van der Waals surface area contributed by atoms with Crippen molar-refractivity contribution in [2.75, 3.05) is 12.4 Å². The number of carboxylic acid groups (broad SMARTS) is 1. The van der Waals surface area contributed by atoms with E-state index in [1.807, 2.05) is 6.07 Å². The quantitative estimate of drug-likeness (QED) is 0.851. The fraction of sp³-hybridized carbons (Fsp3) is 0.556. The van der Waals surface area contributed by atoms with Crippen LogP contribution in [0.4, 0.5) is 10.5 Å². The highest BCUT2D eigenvalue weighted by Gasteiger charge is 2.42. The number of rotatable bonds is 5. The van der Waals surface area contributed by atoms with Crippen molar-refractivity contribution in [3.63, 3.8) is 0 Å². The highest BCUT2D eigenvalue weighted by atomic mass is 16.6. The molecule has 2 N–H and O–H groups in total. The average Bonchev–Trinajstić information content (AvgIpc) is 2.40. The minimum Gasteiger partial charge on any atom is -0.497 e. The Hall–Kier alpha value is -2.24. The largest absolute Gasteiger partial charge is 0.497 e. The van der Waals surface area contributed by atoms with E-state index in [-0.39, 0.29) is 6.42 Å². The van der Waals surface area contributed by atoms with Gasteiger partial charge in [0.25, 0.3) is 0 Å². The van der Waals surface area contributed by atoms with Gasteiger partial charge in [0.2, 0.25) is 0 Å². The molecule has 0 saturated heterocycles. The molecule has 1 saturated carbocycles. The number of benzene rings is 1. The van der Waals surface area contributed by atoms with Crippen molar-refractivity contribution < 1.29 is 24.2 Å². The van der Waals surface area contributed by atoms with Gasteiger partial charge in [0.15, 0.2) is 0 Å². The molecule has 0 aromatic heterocycles. The first-order valence-electron chi connectivity index (χ1n) is 8.05. The number of anilines is 1. The molecule has 1 fully saturated rings. The van der Waals surface area contributed by atoms with Crippen LogP contribution in [0.2, 0.25) is 0 Å². The Bertz CT molecular complexity index is 629. The molecule has 0 atom stereocenters. The van der Waals surface area contributed by atoms with Gasteiger partial charge in [-0.1, -0.05) is 12.5 Å². The summed E-state index contributed by atoms with van der Waals surface area (Å²) in [6.45, 7) is 5.37. The molecule has 0 aliphatic heterocycles. The lowest BCUT2D eigenvalue weighted by molar-refractivity contribution is -0.139. The van der Waals surface area contributed by atoms with Crippen LogP contribution in [0.25, 0.3) is 0 Å². The number of carbonyl (C=O) groups is 2. The van der Waals surface area contributed by atoms with Crippen molar-refractivity contribution in [3.05, 3.63) is 23.8 Å². The molecule has 1 aromatic rings. The van der Waals surface area contributed by atoms with E-state index >= 15 is 0 Å². The Balaban J connectivity index is 2.34. The van der Waals surface area contributed by atoms with Crippen LogP contribution in [0.5, 0.6) is 5.75 Å². The highest BCUT2D eigenvalue weighted by Crippen LogP contribution is 2.49. The van der Waals surface area contributed by atoms with Gasteiger partial charge in [0, 0.05) is 11.5 Å². The summed E-state index contributed by atoms with van der Waals surface area (Å²) in [5.41, 5.74) is 0.313. The number of aliphatic carboxylic acids is 1. The zero-order valence-electron chi connectivity index (χ0n) is 14.6. The zero-order valence-corrected chi connectivity index (χ0v) is 14.6. The average molecular weight is 335 g/mol. The summed E-state index contributed by atoms with van der Waals surface area (Å²) in [7, 11) is 1.54. The van der Waals surface area contributed by atoms with Gasteiger partial charge in [-0.2, -0.15) is 0 Å². The van der Waals surface area contributed by atoms with Crippen molar-refractivity contribution >= 4 is 17.7 Å². The van der Waals surface area contributed by atoms with Gasteiger partial charge in [-0.15, -0.1) is 0 Å². The molecule has 2 rings (SSSR count).